The predicted octanol–water partition coefficient (Wildman–Crippen LogP) is 3.11. The van der Waals surface area contributed by atoms with Crippen LogP contribution in [-0.4, -0.2) is 38.8 Å². The third-order valence-corrected chi connectivity index (χ3v) is 3.85. The number of unbranched alkanes of at least 4 members (excludes halogenated alkanes) is 1. The fourth-order valence-corrected chi connectivity index (χ4v) is 2.69. The van der Waals surface area contributed by atoms with Crippen LogP contribution in [0.3, 0.4) is 0 Å². The van der Waals surface area contributed by atoms with Gasteiger partial charge in [0.25, 0.3) is 0 Å². The summed E-state index contributed by atoms with van der Waals surface area (Å²) in [6.45, 7) is 11.2. The fraction of sp³-hybridized carbons (Fsp3) is 0.647. The zero-order valence-electron chi connectivity index (χ0n) is 13.4. The van der Waals surface area contributed by atoms with E-state index in [0.717, 1.165) is 26.2 Å². The lowest BCUT2D eigenvalue weighted by Crippen LogP contribution is -2.40. The van der Waals surface area contributed by atoms with Gasteiger partial charge >= 0.3 is 0 Å². The highest BCUT2D eigenvalue weighted by atomic mass is 15.2. The Morgan fingerprint density at radius 2 is 1.75 bits per heavy atom. The fourth-order valence-electron chi connectivity index (χ4n) is 2.69. The van der Waals surface area contributed by atoms with Gasteiger partial charge in [0.05, 0.1) is 11.4 Å². The van der Waals surface area contributed by atoms with E-state index < -0.39 is 0 Å². The molecule has 0 atom stereocenters. The molecule has 0 radical (unpaired) electrons. The summed E-state index contributed by atoms with van der Waals surface area (Å²) >= 11 is 0. The smallest absolute Gasteiger partial charge is 0.0604 e. The Bertz CT molecular complexity index is 422. The van der Waals surface area contributed by atoms with Crippen molar-refractivity contribution in [3.05, 3.63) is 24.3 Å². The minimum Gasteiger partial charge on any atom is -0.371 e. The summed E-state index contributed by atoms with van der Waals surface area (Å²) in [6.07, 6.45) is 2.49. The van der Waals surface area contributed by atoms with Crippen molar-refractivity contribution in [3.8, 4) is 0 Å². The largest absolute Gasteiger partial charge is 0.371 e. The number of para-hydroxylation sites is 2. The van der Waals surface area contributed by atoms with Gasteiger partial charge in [-0.2, -0.15) is 0 Å². The Morgan fingerprint density at radius 1 is 1.05 bits per heavy atom. The Labute approximate surface area is 124 Å². The predicted molar refractivity (Wildman–Crippen MR) is 88.9 cm³/mol. The molecule has 112 valence electrons. The number of benzene rings is 1. The van der Waals surface area contributed by atoms with Gasteiger partial charge in [-0.15, -0.1) is 0 Å². The Hall–Kier alpha value is -1.22. The summed E-state index contributed by atoms with van der Waals surface area (Å²) < 4.78 is 0. The van der Waals surface area contributed by atoms with E-state index >= 15 is 0 Å². The van der Waals surface area contributed by atoms with Crippen molar-refractivity contribution < 1.29 is 0 Å². The van der Waals surface area contributed by atoms with E-state index in [1.807, 2.05) is 0 Å². The molecule has 1 aromatic rings. The zero-order valence-corrected chi connectivity index (χ0v) is 13.4. The number of hydrogen-bond donors (Lipinski definition) is 1. The van der Waals surface area contributed by atoms with Crippen molar-refractivity contribution in [3.63, 3.8) is 0 Å². The van der Waals surface area contributed by atoms with Crippen LogP contribution in [0.5, 0.6) is 0 Å². The molecule has 3 nitrogen and oxygen atoms in total. The number of anilines is 2. The molecule has 1 aliphatic heterocycles. The average Bonchev–Trinajstić information content (AvgIpc) is 2.40. The Kier molecular flexibility index (Phi) is 4.92. The monoisotopic (exact) mass is 275 g/mol. The van der Waals surface area contributed by atoms with Crippen molar-refractivity contribution >= 4 is 11.4 Å². The zero-order chi connectivity index (χ0) is 14.6. The number of nitrogens with zero attached hydrogens (tertiary/aromatic N) is 2. The lowest BCUT2D eigenvalue weighted by atomic mass is 10.1. The SMILES string of the molecule is CN1CCN(CCCCNC(C)(C)C)c2ccccc21. The van der Waals surface area contributed by atoms with Crippen LogP contribution in [0.2, 0.25) is 0 Å². The van der Waals surface area contributed by atoms with Crippen LogP contribution in [0.4, 0.5) is 11.4 Å². The molecule has 0 saturated carbocycles. The summed E-state index contributed by atoms with van der Waals surface area (Å²) in [7, 11) is 2.18. The minimum atomic E-state index is 0.237. The van der Waals surface area contributed by atoms with Gasteiger partial charge in [0.15, 0.2) is 0 Å². The van der Waals surface area contributed by atoms with Gasteiger partial charge in [-0.25, -0.2) is 0 Å². The van der Waals surface area contributed by atoms with Gasteiger partial charge < -0.3 is 15.1 Å². The maximum atomic E-state index is 3.56. The lowest BCUT2D eigenvalue weighted by molar-refractivity contribution is 0.418. The molecule has 0 spiro atoms. The Morgan fingerprint density at radius 3 is 2.45 bits per heavy atom. The second-order valence-corrected chi connectivity index (χ2v) is 6.78. The van der Waals surface area contributed by atoms with E-state index in [4.69, 9.17) is 0 Å². The van der Waals surface area contributed by atoms with Crippen molar-refractivity contribution in [2.75, 3.05) is 43.0 Å². The molecular formula is C17H29N3. The van der Waals surface area contributed by atoms with Crippen LogP contribution in [0.25, 0.3) is 0 Å². The highest BCUT2D eigenvalue weighted by Gasteiger charge is 2.18. The molecule has 0 aliphatic carbocycles. The van der Waals surface area contributed by atoms with Gasteiger partial charge in [-0.3, -0.25) is 0 Å². The van der Waals surface area contributed by atoms with Crippen LogP contribution in [0.15, 0.2) is 24.3 Å². The first-order valence-corrected chi connectivity index (χ1v) is 7.77. The molecule has 0 amide bonds. The molecule has 1 aliphatic rings. The molecule has 0 bridgehead atoms. The van der Waals surface area contributed by atoms with E-state index in [2.05, 4.69) is 67.2 Å². The molecule has 0 unspecified atom stereocenters. The summed E-state index contributed by atoms with van der Waals surface area (Å²) in [6, 6.07) is 8.75. The van der Waals surface area contributed by atoms with Crippen LogP contribution < -0.4 is 15.1 Å². The maximum absolute atomic E-state index is 3.56. The molecule has 2 rings (SSSR count). The Balaban J connectivity index is 1.81. The summed E-state index contributed by atoms with van der Waals surface area (Å²) in [5.41, 5.74) is 3.00. The molecule has 0 aromatic heterocycles. The highest BCUT2D eigenvalue weighted by molar-refractivity contribution is 5.72. The number of rotatable bonds is 5. The van der Waals surface area contributed by atoms with Crippen molar-refractivity contribution in [2.24, 2.45) is 0 Å². The topological polar surface area (TPSA) is 18.5 Å². The van der Waals surface area contributed by atoms with Crippen molar-refractivity contribution in [2.45, 2.75) is 39.2 Å². The first-order valence-electron chi connectivity index (χ1n) is 7.77. The number of hydrogen-bond acceptors (Lipinski definition) is 3. The van der Waals surface area contributed by atoms with Gasteiger partial charge in [-0.05, 0) is 52.3 Å². The molecule has 3 heteroatoms. The molecule has 0 saturated heterocycles. The molecule has 0 fully saturated rings. The second kappa shape index (κ2) is 6.49. The summed E-state index contributed by atoms with van der Waals surface area (Å²) in [5, 5.41) is 3.56. The third-order valence-electron chi connectivity index (χ3n) is 3.85. The van der Waals surface area contributed by atoms with E-state index in [0.29, 0.717) is 0 Å². The van der Waals surface area contributed by atoms with E-state index in [-0.39, 0.29) is 5.54 Å². The second-order valence-electron chi connectivity index (χ2n) is 6.78. The normalized spacial score (nSPS) is 15.4. The average molecular weight is 275 g/mol. The quantitative estimate of drug-likeness (QED) is 0.833. The summed E-state index contributed by atoms with van der Waals surface area (Å²) in [5.74, 6) is 0. The number of nitrogens with one attached hydrogen (secondary N) is 1. The van der Waals surface area contributed by atoms with Crippen LogP contribution in [0.1, 0.15) is 33.6 Å². The van der Waals surface area contributed by atoms with Crippen LogP contribution >= 0.6 is 0 Å². The van der Waals surface area contributed by atoms with Gasteiger partial charge in [0.1, 0.15) is 0 Å². The van der Waals surface area contributed by atoms with Crippen LogP contribution in [-0.2, 0) is 0 Å². The van der Waals surface area contributed by atoms with Crippen molar-refractivity contribution in [1.82, 2.24) is 5.32 Å². The van der Waals surface area contributed by atoms with E-state index in [9.17, 15) is 0 Å². The van der Waals surface area contributed by atoms with Crippen LogP contribution in [0, 0.1) is 0 Å². The first kappa shape index (κ1) is 15.2. The minimum absolute atomic E-state index is 0.237. The van der Waals surface area contributed by atoms with E-state index in [1.54, 1.807) is 0 Å². The number of likely N-dealkylation sites (N-methyl/N-ethyl adjacent to an activating group) is 1. The third kappa shape index (κ3) is 4.14. The van der Waals surface area contributed by atoms with Crippen molar-refractivity contribution in [1.29, 1.82) is 0 Å². The standard InChI is InChI=1S/C17H29N3/c1-17(2,3)18-11-7-8-12-20-14-13-19(4)15-9-5-6-10-16(15)20/h5-6,9-10,18H,7-8,11-14H2,1-4H3. The maximum Gasteiger partial charge on any atom is 0.0604 e. The van der Waals surface area contributed by atoms with Gasteiger partial charge in [-0.1, -0.05) is 12.1 Å². The molecular weight excluding hydrogens is 246 g/mol. The summed E-state index contributed by atoms with van der Waals surface area (Å²) in [4.78, 5) is 4.89. The first-order chi connectivity index (χ1) is 9.47. The molecule has 1 aromatic carbocycles. The molecule has 1 heterocycles. The van der Waals surface area contributed by atoms with Gasteiger partial charge in [0, 0.05) is 32.2 Å². The number of fused-ring (bicyclic) bond motifs is 1. The highest BCUT2D eigenvalue weighted by Crippen LogP contribution is 2.31. The molecule has 20 heavy (non-hydrogen) atoms. The van der Waals surface area contributed by atoms with E-state index in [1.165, 1.54) is 24.2 Å². The lowest BCUT2D eigenvalue weighted by Gasteiger charge is -2.37. The molecule has 1 N–H and O–H groups in total. The van der Waals surface area contributed by atoms with Gasteiger partial charge in [0.2, 0.25) is 0 Å².